The third-order valence-electron chi connectivity index (χ3n) is 1.99. The van der Waals surface area contributed by atoms with Crippen molar-refractivity contribution in [2.45, 2.75) is 6.92 Å². The lowest BCUT2D eigenvalue weighted by molar-refractivity contribution is 0.110. The van der Waals surface area contributed by atoms with Gasteiger partial charge in [-0.15, -0.1) is 0 Å². The van der Waals surface area contributed by atoms with Crippen LogP contribution in [0.25, 0.3) is 11.3 Å². The van der Waals surface area contributed by atoms with Crippen LogP contribution in [0.1, 0.15) is 16.4 Å². The molecule has 0 atom stereocenters. The molecule has 4 heteroatoms. The number of aryl methyl sites for hydroxylation is 1. The van der Waals surface area contributed by atoms with E-state index in [1.54, 1.807) is 19.1 Å². The Labute approximate surface area is 85.6 Å². The lowest BCUT2D eigenvalue weighted by Gasteiger charge is -1.95. The van der Waals surface area contributed by atoms with Gasteiger partial charge in [-0.1, -0.05) is 0 Å². The Bertz CT molecular complexity index is 488. The molecule has 0 bridgehead atoms. The molecular formula is C11H8FNO2. The third kappa shape index (κ3) is 1.79. The van der Waals surface area contributed by atoms with Crippen LogP contribution in [-0.4, -0.2) is 11.3 Å². The van der Waals surface area contributed by atoms with Crippen molar-refractivity contribution < 1.29 is 13.6 Å². The summed E-state index contributed by atoms with van der Waals surface area (Å²) in [5.41, 5.74) is 1.11. The number of rotatable bonds is 2. The summed E-state index contributed by atoms with van der Waals surface area (Å²) >= 11 is 0. The van der Waals surface area contributed by atoms with Crippen molar-refractivity contribution in [1.82, 2.24) is 4.98 Å². The predicted molar refractivity (Wildman–Crippen MR) is 52.0 cm³/mol. The molecular weight excluding hydrogens is 197 g/mol. The average Bonchev–Trinajstić information content (AvgIpc) is 2.61. The Morgan fingerprint density at radius 2 is 2.00 bits per heavy atom. The molecule has 1 heterocycles. The fourth-order valence-electron chi connectivity index (χ4n) is 1.34. The lowest BCUT2D eigenvalue weighted by Crippen LogP contribution is -1.84. The number of aldehydes is 1. The molecule has 0 spiro atoms. The molecule has 2 rings (SSSR count). The molecule has 0 aliphatic rings. The molecule has 0 aliphatic heterocycles. The Kier molecular flexibility index (Phi) is 2.33. The van der Waals surface area contributed by atoms with Crippen molar-refractivity contribution in [3.05, 3.63) is 41.7 Å². The summed E-state index contributed by atoms with van der Waals surface area (Å²) in [6, 6.07) is 5.74. The highest BCUT2D eigenvalue weighted by Gasteiger charge is 2.11. The van der Waals surface area contributed by atoms with E-state index in [4.69, 9.17) is 4.42 Å². The number of benzene rings is 1. The number of hydrogen-bond donors (Lipinski definition) is 0. The highest BCUT2D eigenvalue weighted by atomic mass is 19.1. The first-order valence-electron chi connectivity index (χ1n) is 4.39. The maximum Gasteiger partial charge on any atom is 0.195 e. The maximum atomic E-state index is 12.7. The number of halogens is 1. The van der Waals surface area contributed by atoms with Gasteiger partial charge in [-0.3, -0.25) is 4.79 Å². The molecule has 2 aromatic rings. The summed E-state index contributed by atoms with van der Waals surface area (Å²) in [7, 11) is 0. The van der Waals surface area contributed by atoms with Crippen LogP contribution in [0.4, 0.5) is 4.39 Å². The van der Waals surface area contributed by atoms with E-state index < -0.39 is 0 Å². The largest absolute Gasteiger partial charge is 0.438 e. The molecule has 1 aromatic heterocycles. The zero-order valence-electron chi connectivity index (χ0n) is 8.03. The summed E-state index contributed by atoms with van der Waals surface area (Å²) in [5, 5.41) is 0. The molecule has 0 radical (unpaired) electrons. The van der Waals surface area contributed by atoms with Crippen molar-refractivity contribution in [2.75, 3.05) is 0 Å². The van der Waals surface area contributed by atoms with Gasteiger partial charge in [-0.25, -0.2) is 9.37 Å². The summed E-state index contributed by atoms with van der Waals surface area (Å²) < 4.78 is 17.8. The van der Waals surface area contributed by atoms with Gasteiger partial charge in [0.15, 0.2) is 17.9 Å². The number of carbonyl (C=O) groups is 1. The summed E-state index contributed by atoms with van der Waals surface area (Å²) in [6.07, 6.45) is 0.596. The predicted octanol–water partition coefficient (Wildman–Crippen LogP) is 2.60. The van der Waals surface area contributed by atoms with Crippen LogP contribution in [-0.2, 0) is 0 Å². The first-order chi connectivity index (χ1) is 7.20. The van der Waals surface area contributed by atoms with Gasteiger partial charge in [0.2, 0.25) is 0 Å². The number of hydrogen-bond acceptors (Lipinski definition) is 3. The highest BCUT2D eigenvalue weighted by molar-refractivity contribution is 5.82. The van der Waals surface area contributed by atoms with Crippen LogP contribution in [0, 0.1) is 12.7 Å². The Hall–Kier alpha value is -1.97. The number of aromatic nitrogens is 1. The summed E-state index contributed by atoms with van der Waals surface area (Å²) in [4.78, 5) is 14.7. The standard InChI is InChI=1S/C11H8FNO2/c1-7-13-11(10(6-14)15-7)8-2-4-9(12)5-3-8/h2-6H,1H3. The SMILES string of the molecule is Cc1nc(-c2ccc(F)cc2)c(C=O)o1. The second-order valence-electron chi connectivity index (χ2n) is 3.07. The minimum Gasteiger partial charge on any atom is -0.438 e. The van der Waals surface area contributed by atoms with E-state index in [-0.39, 0.29) is 11.6 Å². The van der Waals surface area contributed by atoms with Gasteiger partial charge in [0.1, 0.15) is 11.5 Å². The van der Waals surface area contributed by atoms with Crippen LogP contribution in [0.15, 0.2) is 28.7 Å². The van der Waals surface area contributed by atoms with Crippen molar-refractivity contribution >= 4 is 6.29 Å². The van der Waals surface area contributed by atoms with Crippen molar-refractivity contribution in [3.8, 4) is 11.3 Å². The van der Waals surface area contributed by atoms with Crippen LogP contribution in [0.2, 0.25) is 0 Å². The van der Waals surface area contributed by atoms with E-state index in [9.17, 15) is 9.18 Å². The molecule has 0 aliphatic carbocycles. The molecule has 0 amide bonds. The quantitative estimate of drug-likeness (QED) is 0.708. The van der Waals surface area contributed by atoms with Gasteiger partial charge < -0.3 is 4.42 Å². The molecule has 0 saturated carbocycles. The number of nitrogens with zero attached hydrogens (tertiary/aromatic N) is 1. The van der Waals surface area contributed by atoms with Crippen LogP contribution in [0.5, 0.6) is 0 Å². The lowest BCUT2D eigenvalue weighted by atomic mass is 10.1. The molecule has 0 unspecified atom stereocenters. The molecule has 1 aromatic carbocycles. The van der Waals surface area contributed by atoms with Crippen LogP contribution >= 0.6 is 0 Å². The monoisotopic (exact) mass is 205 g/mol. The summed E-state index contributed by atoms with van der Waals surface area (Å²) in [5.74, 6) is 0.252. The normalized spacial score (nSPS) is 10.3. The molecule has 0 saturated heterocycles. The zero-order valence-corrected chi connectivity index (χ0v) is 8.03. The minimum atomic E-state index is -0.327. The van der Waals surface area contributed by atoms with E-state index in [1.165, 1.54) is 12.1 Å². The van der Waals surface area contributed by atoms with Crippen molar-refractivity contribution in [2.24, 2.45) is 0 Å². The third-order valence-corrected chi connectivity index (χ3v) is 1.99. The van der Waals surface area contributed by atoms with Crippen LogP contribution < -0.4 is 0 Å². The van der Waals surface area contributed by atoms with Gasteiger partial charge in [0.25, 0.3) is 0 Å². The van der Waals surface area contributed by atoms with Gasteiger partial charge >= 0.3 is 0 Å². The Morgan fingerprint density at radius 3 is 2.60 bits per heavy atom. The van der Waals surface area contributed by atoms with Crippen molar-refractivity contribution in [1.29, 1.82) is 0 Å². The topological polar surface area (TPSA) is 43.1 Å². The number of carbonyl (C=O) groups excluding carboxylic acids is 1. The van der Waals surface area contributed by atoms with Gasteiger partial charge in [0.05, 0.1) is 0 Å². The molecule has 76 valence electrons. The smallest absolute Gasteiger partial charge is 0.195 e. The van der Waals surface area contributed by atoms with E-state index in [0.29, 0.717) is 23.4 Å². The second-order valence-corrected chi connectivity index (χ2v) is 3.07. The van der Waals surface area contributed by atoms with Crippen molar-refractivity contribution in [3.63, 3.8) is 0 Å². The zero-order chi connectivity index (χ0) is 10.8. The maximum absolute atomic E-state index is 12.7. The van der Waals surface area contributed by atoms with Crippen LogP contribution in [0.3, 0.4) is 0 Å². The van der Waals surface area contributed by atoms with Gasteiger partial charge in [-0.2, -0.15) is 0 Å². The fraction of sp³-hybridized carbons (Fsp3) is 0.0909. The highest BCUT2D eigenvalue weighted by Crippen LogP contribution is 2.22. The van der Waals surface area contributed by atoms with E-state index in [2.05, 4.69) is 4.98 Å². The number of oxazole rings is 1. The summed E-state index contributed by atoms with van der Waals surface area (Å²) in [6.45, 7) is 1.65. The van der Waals surface area contributed by atoms with E-state index >= 15 is 0 Å². The second kappa shape index (κ2) is 3.65. The average molecular weight is 205 g/mol. The minimum absolute atomic E-state index is 0.166. The molecule has 0 N–H and O–H groups in total. The van der Waals surface area contributed by atoms with Gasteiger partial charge in [-0.05, 0) is 24.3 Å². The molecule has 0 fully saturated rings. The molecule has 3 nitrogen and oxygen atoms in total. The first kappa shape index (κ1) is 9.58. The first-order valence-corrected chi connectivity index (χ1v) is 4.39. The van der Waals surface area contributed by atoms with E-state index in [0.717, 1.165) is 0 Å². The van der Waals surface area contributed by atoms with Gasteiger partial charge in [0, 0.05) is 12.5 Å². The Morgan fingerprint density at radius 1 is 1.33 bits per heavy atom. The Balaban J connectivity index is 2.52. The molecule has 15 heavy (non-hydrogen) atoms. The fourth-order valence-corrected chi connectivity index (χ4v) is 1.34. The van der Waals surface area contributed by atoms with E-state index in [1.807, 2.05) is 0 Å².